The molecule has 1 aromatic rings. The number of aliphatic hydroxyl groups excluding tert-OH is 1. The molecule has 1 saturated carbocycles. The molecule has 0 saturated heterocycles. The van der Waals surface area contributed by atoms with Crippen molar-refractivity contribution in [3.8, 4) is 5.75 Å². The van der Waals surface area contributed by atoms with Gasteiger partial charge in [0.1, 0.15) is 12.4 Å². The maximum absolute atomic E-state index is 9.08. The van der Waals surface area contributed by atoms with Crippen LogP contribution in [0.4, 0.5) is 0 Å². The maximum Gasteiger partial charge on any atom is 0.120 e. The van der Waals surface area contributed by atoms with E-state index in [1.807, 2.05) is 24.3 Å². The van der Waals surface area contributed by atoms with Gasteiger partial charge in [-0.2, -0.15) is 0 Å². The van der Waals surface area contributed by atoms with Crippen LogP contribution in [-0.4, -0.2) is 31.0 Å². The average molecular weight is 329 g/mol. The van der Waals surface area contributed by atoms with Crippen molar-refractivity contribution in [1.82, 2.24) is 0 Å². The van der Waals surface area contributed by atoms with E-state index in [4.69, 9.17) is 14.6 Å². The molecule has 106 valence electrons. The van der Waals surface area contributed by atoms with Crippen molar-refractivity contribution < 1.29 is 14.6 Å². The lowest BCUT2D eigenvalue weighted by Crippen LogP contribution is -2.25. The molecule has 0 heterocycles. The minimum absolute atomic E-state index is 0.318. The lowest BCUT2D eigenvalue weighted by Gasteiger charge is -2.27. The normalized spacial score (nSPS) is 23.3. The zero-order valence-electron chi connectivity index (χ0n) is 11.1. The molecule has 0 amide bonds. The van der Waals surface area contributed by atoms with E-state index < -0.39 is 0 Å². The number of rotatable bonds is 6. The number of ether oxygens (including phenoxy) is 2. The van der Waals surface area contributed by atoms with E-state index in [0.717, 1.165) is 35.9 Å². The molecule has 0 atom stereocenters. The summed E-state index contributed by atoms with van der Waals surface area (Å²) in [6, 6.07) is 7.82. The topological polar surface area (TPSA) is 38.7 Å². The molecule has 3 nitrogen and oxygen atoms in total. The Bertz CT molecular complexity index is 375. The van der Waals surface area contributed by atoms with E-state index >= 15 is 0 Å². The Hall–Kier alpha value is -0.580. The molecule has 1 aromatic carbocycles. The summed E-state index contributed by atoms with van der Waals surface area (Å²) in [7, 11) is 0. The Kier molecular flexibility index (Phi) is 6.14. The second kappa shape index (κ2) is 7.88. The zero-order valence-corrected chi connectivity index (χ0v) is 12.6. The van der Waals surface area contributed by atoms with Gasteiger partial charge in [-0.3, -0.25) is 0 Å². The minimum Gasteiger partial charge on any atom is -0.491 e. The van der Waals surface area contributed by atoms with Crippen LogP contribution in [0.25, 0.3) is 0 Å². The molecule has 4 heteroatoms. The van der Waals surface area contributed by atoms with Gasteiger partial charge < -0.3 is 14.6 Å². The van der Waals surface area contributed by atoms with Gasteiger partial charge in [-0.1, -0.05) is 22.0 Å². The largest absolute Gasteiger partial charge is 0.491 e. The van der Waals surface area contributed by atoms with Gasteiger partial charge in [-0.15, -0.1) is 0 Å². The van der Waals surface area contributed by atoms with Crippen molar-refractivity contribution in [2.45, 2.75) is 31.8 Å². The Labute approximate surface area is 123 Å². The third kappa shape index (κ3) is 5.13. The van der Waals surface area contributed by atoms with E-state index in [1.54, 1.807) is 0 Å². The molecule has 0 bridgehead atoms. The van der Waals surface area contributed by atoms with Gasteiger partial charge >= 0.3 is 0 Å². The summed E-state index contributed by atoms with van der Waals surface area (Å²) in [5.41, 5.74) is 0. The lowest BCUT2D eigenvalue weighted by molar-refractivity contribution is -0.00109. The molecule has 0 spiro atoms. The second-order valence-electron chi connectivity index (χ2n) is 5.00. The molecule has 0 unspecified atom stereocenters. The number of aliphatic hydroxyl groups is 1. The fourth-order valence-electron chi connectivity index (χ4n) is 2.41. The van der Waals surface area contributed by atoms with Crippen LogP contribution < -0.4 is 4.74 Å². The van der Waals surface area contributed by atoms with Crippen molar-refractivity contribution in [2.24, 2.45) is 5.92 Å². The molecule has 2 rings (SSSR count). The third-order valence-corrected chi connectivity index (χ3v) is 4.05. The first kappa shape index (κ1) is 14.8. The first-order valence-electron chi connectivity index (χ1n) is 6.88. The zero-order chi connectivity index (χ0) is 13.5. The van der Waals surface area contributed by atoms with E-state index in [-0.39, 0.29) is 0 Å². The second-order valence-corrected chi connectivity index (χ2v) is 5.92. The Morgan fingerprint density at radius 1 is 1.16 bits per heavy atom. The Morgan fingerprint density at radius 2 is 1.95 bits per heavy atom. The highest BCUT2D eigenvalue weighted by molar-refractivity contribution is 9.10. The van der Waals surface area contributed by atoms with Gasteiger partial charge in [-0.05, 0) is 49.8 Å². The predicted molar refractivity (Wildman–Crippen MR) is 78.4 cm³/mol. The predicted octanol–water partition coefficient (Wildman–Crippen LogP) is 3.40. The number of hydrogen-bond acceptors (Lipinski definition) is 3. The van der Waals surface area contributed by atoms with Crippen molar-refractivity contribution in [1.29, 1.82) is 0 Å². The Morgan fingerprint density at radius 3 is 2.63 bits per heavy atom. The van der Waals surface area contributed by atoms with Crippen molar-refractivity contribution in [2.75, 3.05) is 19.8 Å². The van der Waals surface area contributed by atoms with E-state index in [0.29, 0.717) is 31.8 Å². The SMILES string of the molecule is OCC1CCC(OCCOc2cccc(Br)c2)CC1. The molecule has 0 radical (unpaired) electrons. The lowest BCUT2D eigenvalue weighted by atomic mass is 9.88. The van der Waals surface area contributed by atoms with Gasteiger partial charge in [-0.25, -0.2) is 0 Å². The van der Waals surface area contributed by atoms with E-state index in [1.165, 1.54) is 0 Å². The molecular weight excluding hydrogens is 308 g/mol. The highest BCUT2D eigenvalue weighted by Gasteiger charge is 2.20. The molecule has 19 heavy (non-hydrogen) atoms. The van der Waals surface area contributed by atoms with Crippen LogP contribution in [0.1, 0.15) is 25.7 Å². The average Bonchev–Trinajstić information content (AvgIpc) is 2.44. The van der Waals surface area contributed by atoms with Crippen LogP contribution >= 0.6 is 15.9 Å². The summed E-state index contributed by atoms with van der Waals surface area (Å²) in [5.74, 6) is 1.35. The fraction of sp³-hybridized carbons (Fsp3) is 0.600. The molecular formula is C15H21BrO3. The summed E-state index contributed by atoms with van der Waals surface area (Å²) in [6.45, 7) is 1.52. The van der Waals surface area contributed by atoms with Crippen molar-refractivity contribution in [3.63, 3.8) is 0 Å². The molecule has 1 fully saturated rings. The van der Waals surface area contributed by atoms with Crippen LogP contribution in [0, 0.1) is 5.92 Å². The highest BCUT2D eigenvalue weighted by Crippen LogP contribution is 2.25. The van der Waals surface area contributed by atoms with Gasteiger partial charge in [0, 0.05) is 11.1 Å². The summed E-state index contributed by atoms with van der Waals surface area (Å²) >= 11 is 3.41. The number of benzene rings is 1. The molecule has 0 aliphatic heterocycles. The molecule has 1 aliphatic carbocycles. The first-order chi connectivity index (χ1) is 9.28. The molecule has 0 aromatic heterocycles. The van der Waals surface area contributed by atoms with Crippen molar-refractivity contribution >= 4 is 15.9 Å². The third-order valence-electron chi connectivity index (χ3n) is 3.55. The van der Waals surface area contributed by atoms with Crippen LogP contribution in [0.15, 0.2) is 28.7 Å². The van der Waals surface area contributed by atoms with Crippen molar-refractivity contribution in [3.05, 3.63) is 28.7 Å². The minimum atomic E-state index is 0.318. The molecule has 1 aliphatic rings. The van der Waals surface area contributed by atoms with Gasteiger partial charge in [0.25, 0.3) is 0 Å². The number of hydrogen-bond donors (Lipinski definition) is 1. The summed E-state index contributed by atoms with van der Waals surface area (Å²) in [5, 5.41) is 9.08. The monoisotopic (exact) mass is 328 g/mol. The maximum atomic E-state index is 9.08. The highest BCUT2D eigenvalue weighted by atomic mass is 79.9. The number of halogens is 1. The van der Waals surface area contributed by atoms with Gasteiger partial charge in [0.05, 0.1) is 12.7 Å². The fourth-order valence-corrected chi connectivity index (χ4v) is 2.79. The van der Waals surface area contributed by atoms with E-state index in [9.17, 15) is 0 Å². The van der Waals surface area contributed by atoms with Crippen LogP contribution in [0.3, 0.4) is 0 Å². The van der Waals surface area contributed by atoms with Crippen LogP contribution in [0.2, 0.25) is 0 Å². The van der Waals surface area contributed by atoms with E-state index in [2.05, 4.69) is 15.9 Å². The first-order valence-corrected chi connectivity index (χ1v) is 7.68. The molecule has 1 N–H and O–H groups in total. The van der Waals surface area contributed by atoms with Crippen LogP contribution in [-0.2, 0) is 4.74 Å². The standard InChI is InChI=1S/C15H21BrO3/c16-13-2-1-3-15(10-13)19-9-8-18-14-6-4-12(11-17)5-7-14/h1-3,10,12,14,17H,4-9,11H2. The van der Waals surface area contributed by atoms with Gasteiger partial charge in [0.15, 0.2) is 0 Å². The smallest absolute Gasteiger partial charge is 0.120 e. The summed E-state index contributed by atoms with van der Waals surface area (Å²) < 4.78 is 12.5. The summed E-state index contributed by atoms with van der Waals surface area (Å²) in [4.78, 5) is 0. The van der Waals surface area contributed by atoms with Crippen LogP contribution in [0.5, 0.6) is 5.75 Å². The van der Waals surface area contributed by atoms with Gasteiger partial charge in [0.2, 0.25) is 0 Å². The Balaban J connectivity index is 1.60. The summed E-state index contributed by atoms with van der Waals surface area (Å²) in [6.07, 6.45) is 4.61. The quantitative estimate of drug-likeness (QED) is 0.813.